The van der Waals surface area contributed by atoms with Crippen molar-refractivity contribution in [2.75, 3.05) is 11.1 Å². The van der Waals surface area contributed by atoms with Gasteiger partial charge in [-0.15, -0.1) is 16.8 Å². The molecule has 6 nitrogen and oxygen atoms in total. The summed E-state index contributed by atoms with van der Waals surface area (Å²) in [5.41, 5.74) is 4.39. The van der Waals surface area contributed by atoms with Gasteiger partial charge < -0.3 is 10.1 Å². The van der Waals surface area contributed by atoms with E-state index in [1.54, 1.807) is 6.08 Å². The number of amides is 1. The summed E-state index contributed by atoms with van der Waals surface area (Å²) in [6.07, 6.45) is 5.19. The number of anilines is 1. The van der Waals surface area contributed by atoms with Gasteiger partial charge in [-0.2, -0.15) is 0 Å². The minimum absolute atomic E-state index is 0.0810. The van der Waals surface area contributed by atoms with E-state index >= 15 is 0 Å². The number of ether oxygens (including phenoxy) is 1. The van der Waals surface area contributed by atoms with Gasteiger partial charge in [0.2, 0.25) is 5.91 Å². The predicted molar refractivity (Wildman–Crippen MR) is 135 cm³/mol. The van der Waals surface area contributed by atoms with Gasteiger partial charge in [-0.25, -0.2) is 0 Å². The van der Waals surface area contributed by atoms with Crippen LogP contribution in [0.25, 0.3) is 0 Å². The zero-order valence-corrected chi connectivity index (χ0v) is 20.5. The van der Waals surface area contributed by atoms with Gasteiger partial charge in [-0.05, 0) is 67.6 Å². The van der Waals surface area contributed by atoms with Crippen LogP contribution in [0.2, 0.25) is 0 Å². The molecule has 1 N–H and O–H groups in total. The molecule has 1 aromatic heterocycles. The molecule has 174 valence electrons. The van der Waals surface area contributed by atoms with Crippen molar-refractivity contribution in [3.05, 3.63) is 77.6 Å². The Balaban J connectivity index is 1.57. The maximum atomic E-state index is 12.5. The highest BCUT2D eigenvalue weighted by Gasteiger charge is 2.14. The van der Waals surface area contributed by atoms with Gasteiger partial charge in [0.05, 0.1) is 5.75 Å². The molecule has 0 aliphatic rings. The van der Waals surface area contributed by atoms with Gasteiger partial charge in [0.1, 0.15) is 12.4 Å². The van der Waals surface area contributed by atoms with E-state index in [4.69, 9.17) is 4.74 Å². The molecule has 33 heavy (non-hydrogen) atoms. The number of aryl methyl sites for hydroxylation is 3. The molecular formula is C26H32N4O2S. The molecule has 1 heterocycles. The molecule has 0 saturated carbocycles. The normalized spacial score (nSPS) is 10.8. The number of rotatable bonds is 12. The van der Waals surface area contributed by atoms with Crippen molar-refractivity contribution in [2.45, 2.75) is 58.3 Å². The minimum atomic E-state index is -0.0810. The van der Waals surface area contributed by atoms with E-state index in [9.17, 15) is 4.79 Å². The van der Waals surface area contributed by atoms with Crippen molar-refractivity contribution in [3.63, 3.8) is 0 Å². The fraction of sp³-hybridized carbons (Fsp3) is 0.346. The Bertz CT molecular complexity index is 1060. The van der Waals surface area contributed by atoms with Crippen LogP contribution in [-0.2, 0) is 24.4 Å². The molecule has 0 saturated heterocycles. The first-order valence-corrected chi connectivity index (χ1v) is 12.2. The van der Waals surface area contributed by atoms with Gasteiger partial charge in [-0.1, -0.05) is 49.4 Å². The van der Waals surface area contributed by atoms with Crippen LogP contribution < -0.4 is 10.1 Å². The van der Waals surface area contributed by atoms with Gasteiger partial charge in [0.15, 0.2) is 11.0 Å². The number of allylic oxidation sites excluding steroid dienone is 1. The molecule has 0 bridgehead atoms. The van der Waals surface area contributed by atoms with Crippen LogP contribution in [0.5, 0.6) is 5.75 Å². The van der Waals surface area contributed by atoms with E-state index in [-0.39, 0.29) is 11.7 Å². The lowest BCUT2D eigenvalue weighted by Crippen LogP contribution is -2.15. The average molecular weight is 465 g/mol. The van der Waals surface area contributed by atoms with Crippen LogP contribution in [0, 0.1) is 13.8 Å². The summed E-state index contributed by atoms with van der Waals surface area (Å²) in [5.74, 6) is 1.65. The zero-order chi connectivity index (χ0) is 23.6. The number of nitrogens with one attached hydrogen (secondary N) is 1. The summed E-state index contributed by atoms with van der Waals surface area (Å²) in [5, 5.41) is 12.2. The topological polar surface area (TPSA) is 69.0 Å². The number of carbonyl (C=O) groups excluding carboxylic acids is 1. The number of nitrogens with zero attached hydrogens (tertiary/aromatic N) is 3. The first-order chi connectivity index (χ1) is 16.0. The van der Waals surface area contributed by atoms with Gasteiger partial charge in [0.25, 0.3) is 0 Å². The molecule has 2 aromatic carbocycles. The SMILES string of the molecule is C=CCn1c(COc2cc(C)cc(C)c2)nnc1SCC(=O)Nc1ccc(CCCC)cc1. The molecule has 0 atom stereocenters. The first kappa shape index (κ1) is 24.6. The molecule has 0 spiro atoms. The van der Waals surface area contributed by atoms with Crippen LogP contribution in [0.4, 0.5) is 5.69 Å². The summed E-state index contributed by atoms with van der Waals surface area (Å²) >= 11 is 1.35. The second-order valence-electron chi connectivity index (χ2n) is 8.05. The van der Waals surface area contributed by atoms with Crippen molar-refractivity contribution >= 4 is 23.4 Å². The number of hydrogen-bond acceptors (Lipinski definition) is 5. The number of carbonyl (C=O) groups is 1. The Morgan fingerprint density at radius 3 is 2.55 bits per heavy atom. The van der Waals surface area contributed by atoms with Crippen molar-refractivity contribution in [3.8, 4) is 5.75 Å². The Morgan fingerprint density at radius 2 is 1.88 bits per heavy atom. The standard InChI is InChI=1S/C26H32N4O2S/c1-5-7-8-21-9-11-22(12-10-21)27-25(31)18-33-26-29-28-24(30(26)13-6-2)17-32-23-15-19(3)14-20(4)16-23/h6,9-12,14-16H,2,5,7-8,13,17-18H2,1,3-4H3,(H,27,31). The molecular weight excluding hydrogens is 432 g/mol. The van der Waals surface area contributed by atoms with Gasteiger partial charge in [-0.3, -0.25) is 9.36 Å². The minimum Gasteiger partial charge on any atom is -0.486 e. The lowest BCUT2D eigenvalue weighted by Gasteiger charge is -2.10. The smallest absolute Gasteiger partial charge is 0.234 e. The molecule has 7 heteroatoms. The van der Waals surface area contributed by atoms with Crippen LogP contribution in [0.15, 0.2) is 60.3 Å². The number of hydrogen-bond donors (Lipinski definition) is 1. The maximum Gasteiger partial charge on any atom is 0.234 e. The second-order valence-corrected chi connectivity index (χ2v) is 8.99. The molecule has 3 rings (SSSR count). The fourth-order valence-electron chi connectivity index (χ4n) is 3.47. The molecule has 0 radical (unpaired) electrons. The second kappa shape index (κ2) is 12.3. The molecule has 0 aliphatic carbocycles. The Morgan fingerprint density at radius 1 is 1.15 bits per heavy atom. The van der Waals surface area contributed by atoms with E-state index in [1.807, 2.05) is 42.7 Å². The quantitative estimate of drug-likeness (QED) is 0.274. The van der Waals surface area contributed by atoms with E-state index in [0.29, 0.717) is 24.1 Å². The molecule has 0 fully saturated rings. The Kier molecular flexibility index (Phi) is 9.13. The monoisotopic (exact) mass is 464 g/mol. The molecule has 1 amide bonds. The third-order valence-electron chi connectivity index (χ3n) is 5.06. The number of aromatic nitrogens is 3. The van der Waals surface area contributed by atoms with Crippen LogP contribution in [-0.4, -0.2) is 26.4 Å². The van der Waals surface area contributed by atoms with Crippen molar-refractivity contribution in [1.82, 2.24) is 14.8 Å². The van der Waals surface area contributed by atoms with E-state index < -0.39 is 0 Å². The third kappa shape index (κ3) is 7.49. The van der Waals surface area contributed by atoms with Crippen molar-refractivity contribution in [2.24, 2.45) is 0 Å². The van der Waals surface area contributed by atoms with Gasteiger partial charge in [0, 0.05) is 12.2 Å². The molecule has 3 aromatic rings. The van der Waals surface area contributed by atoms with E-state index in [1.165, 1.54) is 30.2 Å². The first-order valence-electron chi connectivity index (χ1n) is 11.2. The Labute approximate surface area is 200 Å². The number of benzene rings is 2. The van der Waals surface area contributed by atoms with Crippen molar-refractivity contribution < 1.29 is 9.53 Å². The van der Waals surface area contributed by atoms with E-state index in [0.717, 1.165) is 29.0 Å². The Hall–Kier alpha value is -3.06. The van der Waals surface area contributed by atoms with Crippen LogP contribution in [0.3, 0.4) is 0 Å². The lowest BCUT2D eigenvalue weighted by atomic mass is 10.1. The largest absolute Gasteiger partial charge is 0.486 e. The summed E-state index contributed by atoms with van der Waals surface area (Å²) in [6, 6.07) is 14.2. The van der Waals surface area contributed by atoms with Gasteiger partial charge >= 0.3 is 0 Å². The van der Waals surface area contributed by atoms with Crippen molar-refractivity contribution in [1.29, 1.82) is 0 Å². The molecule has 0 aliphatic heterocycles. The maximum absolute atomic E-state index is 12.5. The predicted octanol–water partition coefficient (Wildman–Crippen LogP) is 5.73. The van der Waals surface area contributed by atoms with E-state index in [2.05, 4.69) is 47.2 Å². The van der Waals surface area contributed by atoms with Crippen LogP contribution >= 0.6 is 11.8 Å². The third-order valence-corrected chi connectivity index (χ3v) is 6.02. The fourth-order valence-corrected chi connectivity index (χ4v) is 4.24. The summed E-state index contributed by atoms with van der Waals surface area (Å²) in [6.45, 7) is 10.9. The highest BCUT2D eigenvalue weighted by Crippen LogP contribution is 2.21. The average Bonchev–Trinajstić information content (AvgIpc) is 3.17. The number of thioether (sulfide) groups is 1. The number of unbranched alkanes of at least 4 members (excludes halogenated alkanes) is 1. The molecule has 0 unspecified atom stereocenters. The highest BCUT2D eigenvalue weighted by atomic mass is 32.2. The lowest BCUT2D eigenvalue weighted by molar-refractivity contribution is -0.113. The zero-order valence-electron chi connectivity index (χ0n) is 19.6. The summed E-state index contributed by atoms with van der Waals surface area (Å²) in [7, 11) is 0. The summed E-state index contributed by atoms with van der Waals surface area (Å²) in [4.78, 5) is 12.5. The van der Waals surface area contributed by atoms with Crippen LogP contribution in [0.1, 0.15) is 42.3 Å². The summed E-state index contributed by atoms with van der Waals surface area (Å²) < 4.78 is 7.87. The highest BCUT2D eigenvalue weighted by molar-refractivity contribution is 7.99.